The predicted octanol–water partition coefficient (Wildman–Crippen LogP) is 8.44. The quantitative estimate of drug-likeness (QED) is 0.269. The molecule has 3 aromatic carbocycles. The van der Waals surface area contributed by atoms with Crippen LogP contribution in [0.1, 0.15) is 59.1 Å². The van der Waals surface area contributed by atoms with Gasteiger partial charge in [-0.15, -0.1) is 0 Å². The number of amides is 2. The van der Waals surface area contributed by atoms with E-state index in [0.29, 0.717) is 11.3 Å². The molecule has 0 N–H and O–H groups in total. The van der Waals surface area contributed by atoms with E-state index >= 15 is 0 Å². The molecule has 0 aromatic heterocycles. The number of carbonyl (C=O) groups is 2. The number of anilines is 1. The van der Waals surface area contributed by atoms with Gasteiger partial charge in [0.15, 0.2) is 0 Å². The number of fused-ring (bicyclic) bond motifs is 1. The van der Waals surface area contributed by atoms with Crippen molar-refractivity contribution in [3.63, 3.8) is 0 Å². The maximum Gasteiger partial charge on any atom is 0.265 e. The zero-order valence-corrected chi connectivity index (χ0v) is 22.1. The van der Waals surface area contributed by atoms with Gasteiger partial charge in [0, 0.05) is 17.9 Å². The topological polar surface area (TPSA) is 37.4 Å². The third-order valence-electron chi connectivity index (χ3n) is 5.76. The van der Waals surface area contributed by atoms with Crippen LogP contribution in [0.4, 0.5) is 5.69 Å². The van der Waals surface area contributed by atoms with Gasteiger partial charge in [-0.2, -0.15) is 0 Å². The number of hydrogen-bond acceptors (Lipinski definition) is 2. The summed E-state index contributed by atoms with van der Waals surface area (Å²) in [7, 11) is 0. The summed E-state index contributed by atoms with van der Waals surface area (Å²) in [6.07, 6.45) is 6.73. The average Bonchev–Trinajstić information content (AvgIpc) is 2.87. The van der Waals surface area contributed by atoms with Crippen molar-refractivity contribution in [1.29, 1.82) is 0 Å². The Labute approximate surface area is 210 Å². The number of carbonyl (C=O) groups excluding carboxylic acids is 2. The highest BCUT2D eigenvalue weighted by atomic mass is 16.2. The molecule has 0 aliphatic rings. The fraction of sp³-hybridized carbons (Fsp3) is 0.250. The molecule has 0 saturated carbocycles. The molecule has 3 aromatic rings. The Morgan fingerprint density at radius 1 is 0.886 bits per heavy atom. The molecule has 0 spiro atoms. The van der Waals surface area contributed by atoms with Crippen molar-refractivity contribution in [2.75, 3.05) is 4.90 Å². The van der Waals surface area contributed by atoms with Crippen LogP contribution in [0.25, 0.3) is 16.3 Å². The first-order chi connectivity index (χ1) is 16.9. The molecule has 0 saturated heterocycles. The Bertz CT molecular complexity index is 1270. The molecule has 0 heterocycles. The van der Waals surface area contributed by atoms with E-state index in [4.69, 9.17) is 0 Å². The van der Waals surface area contributed by atoms with Gasteiger partial charge < -0.3 is 0 Å². The van der Waals surface area contributed by atoms with Crippen LogP contribution in [0.2, 0.25) is 0 Å². The summed E-state index contributed by atoms with van der Waals surface area (Å²) < 4.78 is 0. The van der Waals surface area contributed by atoms with E-state index < -0.39 is 0 Å². The van der Waals surface area contributed by atoms with Crippen molar-refractivity contribution in [2.24, 2.45) is 0 Å². The van der Waals surface area contributed by atoms with Gasteiger partial charge in [-0.3, -0.25) is 9.59 Å². The van der Waals surface area contributed by atoms with Crippen LogP contribution in [-0.2, 0) is 9.59 Å². The largest absolute Gasteiger partial charge is 0.274 e. The van der Waals surface area contributed by atoms with Gasteiger partial charge in [0.05, 0.1) is 5.69 Å². The smallest absolute Gasteiger partial charge is 0.265 e. The maximum atomic E-state index is 14.0. The van der Waals surface area contributed by atoms with Crippen molar-refractivity contribution in [1.82, 2.24) is 0 Å². The fourth-order valence-electron chi connectivity index (χ4n) is 4.08. The average molecular weight is 468 g/mol. The number of hydrogen-bond donors (Lipinski definition) is 0. The molecule has 3 rings (SSSR count). The normalized spacial score (nSPS) is 12.1. The lowest BCUT2D eigenvalue weighted by molar-refractivity contribution is -0.123. The van der Waals surface area contributed by atoms with Crippen LogP contribution in [0.5, 0.6) is 0 Å². The summed E-state index contributed by atoms with van der Waals surface area (Å²) in [5.74, 6) is -0.640. The number of benzene rings is 3. The molecule has 3 heteroatoms. The number of imide groups is 1. The van der Waals surface area contributed by atoms with Crippen LogP contribution >= 0.6 is 0 Å². The number of allylic oxidation sites excluding steroid dienone is 4. The van der Waals surface area contributed by atoms with E-state index in [1.54, 1.807) is 0 Å². The molecular weight excluding hydrogens is 430 g/mol. The van der Waals surface area contributed by atoms with Gasteiger partial charge in [0.1, 0.15) is 0 Å². The lowest BCUT2D eigenvalue weighted by Crippen LogP contribution is -2.36. The molecule has 2 amide bonds. The molecule has 0 fully saturated rings. The van der Waals surface area contributed by atoms with Crippen LogP contribution in [-0.4, -0.2) is 11.8 Å². The summed E-state index contributed by atoms with van der Waals surface area (Å²) in [5, 5.41) is 1.85. The summed E-state index contributed by atoms with van der Waals surface area (Å²) in [6, 6.07) is 21.6. The highest BCUT2D eigenvalue weighted by Crippen LogP contribution is 2.31. The van der Waals surface area contributed by atoms with Crippen LogP contribution in [0, 0.1) is 6.92 Å². The lowest BCUT2D eigenvalue weighted by Gasteiger charge is -2.23. The van der Waals surface area contributed by atoms with Crippen LogP contribution in [0.15, 0.2) is 96.1 Å². The van der Waals surface area contributed by atoms with Crippen molar-refractivity contribution in [3.05, 3.63) is 107 Å². The molecular formula is C32H37NO2. The minimum Gasteiger partial charge on any atom is -0.274 e. The van der Waals surface area contributed by atoms with Crippen molar-refractivity contribution in [3.8, 4) is 0 Å². The second-order valence-electron chi connectivity index (χ2n) is 8.07. The highest BCUT2D eigenvalue weighted by Gasteiger charge is 2.26. The van der Waals surface area contributed by atoms with Gasteiger partial charge in [-0.05, 0) is 67.0 Å². The van der Waals surface area contributed by atoms with Gasteiger partial charge in [-0.1, -0.05) is 93.6 Å². The van der Waals surface area contributed by atoms with E-state index in [2.05, 4.69) is 19.1 Å². The first-order valence-corrected chi connectivity index (χ1v) is 12.3. The Hall–Kier alpha value is -3.72. The SMILES string of the molecule is C/C=C(/C=C(C(=O)N(C(C)=O)c1cccc2ccccc12)/C(C)=C/CC)c1ccccc1C.CC. The van der Waals surface area contributed by atoms with Gasteiger partial charge in [0.2, 0.25) is 5.91 Å². The number of nitrogens with zero attached hydrogens (tertiary/aromatic N) is 1. The molecule has 0 unspecified atom stereocenters. The van der Waals surface area contributed by atoms with E-state index in [9.17, 15) is 9.59 Å². The fourth-order valence-corrected chi connectivity index (χ4v) is 4.08. The molecule has 182 valence electrons. The van der Waals surface area contributed by atoms with Crippen molar-refractivity contribution >= 4 is 33.8 Å². The highest BCUT2D eigenvalue weighted by molar-refractivity contribution is 6.25. The maximum absolute atomic E-state index is 14.0. The second-order valence-corrected chi connectivity index (χ2v) is 8.07. The summed E-state index contributed by atoms with van der Waals surface area (Å²) in [5.41, 5.74) is 5.09. The Morgan fingerprint density at radius 2 is 1.51 bits per heavy atom. The van der Waals surface area contributed by atoms with E-state index in [1.807, 2.05) is 107 Å². The van der Waals surface area contributed by atoms with E-state index in [1.165, 1.54) is 11.8 Å². The van der Waals surface area contributed by atoms with E-state index in [-0.39, 0.29) is 11.8 Å². The minimum atomic E-state index is -0.325. The molecule has 0 aliphatic carbocycles. The molecule has 0 bridgehead atoms. The number of aryl methyl sites for hydroxylation is 1. The monoisotopic (exact) mass is 467 g/mol. The Balaban J connectivity index is 0.00000210. The summed E-state index contributed by atoms with van der Waals surface area (Å²) in [4.78, 5) is 28.1. The Kier molecular flexibility index (Phi) is 10.4. The molecule has 0 radical (unpaired) electrons. The molecule has 0 atom stereocenters. The zero-order valence-electron chi connectivity index (χ0n) is 22.1. The minimum absolute atomic E-state index is 0.315. The Morgan fingerprint density at radius 3 is 2.14 bits per heavy atom. The summed E-state index contributed by atoms with van der Waals surface area (Å²) in [6.45, 7) is 13.4. The van der Waals surface area contributed by atoms with E-state index in [0.717, 1.165) is 39.5 Å². The van der Waals surface area contributed by atoms with Crippen LogP contribution < -0.4 is 4.90 Å². The van der Waals surface area contributed by atoms with Crippen molar-refractivity contribution < 1.29 is 9.59 Å². The predicted molar refractivity (Wildman–Crippen MR) is 150 cm³/mol. The van der Waals surface area contributed by atoms with Gasteiger partial charge in [0.25, 0.3) is 5.91 Å². The standard InChI is InChI=1S/C30H31NO2.C2H6/c1-6-13-21(3)28(20-24(7-2)26-17-10-8-14-22(26)4)30(33)31(23(5)32)29-19-12-16-25-15-9-11-18-27(25)29;1-2/h7-20H,6H2,1-5H3;1-2H3/b21-13+,24-7-,28-20-;. The van der Waals surface area contributed by atoms with Gasteiger partial charge >= 0.3 is 0 Å². The van der Waals surface area contributed by atoms with Gasteiger partial charge in [-0.25, -0.2) is 4.90 Å². The molecule has 3 nitrogen and oxygen atoms in total. The lowest BCUT2D eigenvalue weighted by atomic mass is 9.95. The van der Waals surface area contributed by atoms with Crippen molar-refractivity contribution in [2.45, 2.75) is 54.9 Å². The molecule has 0 aliphatic heterocycles. The third-order valence-corrected chi connectivity index (χ3v) is 5.76. The number of rotatable bonds is 6. The first kappa shape index (κ1) is 27.5. The zero-order chi connectivity index (χ0) is 26.0. The summed E-state index contributed by atoms with van der Waals surface area (Å²) >= 11 is 0. The first-order valence-electron chi connectivity index (χ1n) is 12.3. The third kappa shape index (κ3) is 6.45. The molecule has 35 heavy (non-hydrogen) atoms. The van der Waals surface area contributed by atoms with Crippen LogP contribution in [0.3, 0.4) is 0 Å². The second kappa shape index (κ2) is 13.2.